The Labute approximate surface area is 94.5 Å². The van der Waals surface area contributed by atoms with Crippen molar-refractivity contribution in [2.24, 2.45) is 0 Å². The Morgan fingerprint density at radius 2 is 1.62 bits per heavy atom. The van der Waals surface area contributed by atoms with Crippen LogP contribution in [0.5, 0.6) is 5.75 Å². The van der Waals surface area contributed by atoms with Gasteiger partial charge in [0, 0.05) is 10.4 Å². The molecule has 0 aliphatic rings. The van der Waals surface area contributed by atoms with Crippen molar-refractivity contribution in [2.75, 3.05) is 6.61 Å². The minimum atomic E-state index is -0.0379. The number of para-hydroxylation sites is 1. The van der Waals surface area contributed by atoms with E-state index in [0.29, 0.717) is 5.75 Å². The van der Waals surface area contributed by atoms with E-state index in [0.717, 1.165) is 11.1 Å². The van der Waals surface area contributed by atoms with E-state index in [2.05, 4.69) is 0 Å². The first kappa shape index (κ1) is 10.3. The van der Waals surface area contributed by atoms with Crippen LogP contribution < -0.4 is 4.74 Å². The summed E-state index contributed by atoms with van der Waals surface area (Å²) in [7, 11) is 0. The monoisotopic (exact) mass is 211 g/mol. The van der Waals surface area contributed by atoms with Gasteiger partial charge in [0.1, 0.15) is 5.75 Å². The molecule has 0 aromatic heterocycles. The lowest BCUT2D eigenvalue weighted by atomic mass is 10.1. The zero-order chi connectivity index (χ0) is 11.2. The van der Waals surface area contributed by atoms with Crippen LogP contribution in [0.1, 0.15) is 0 Å². The molecule has 0 aliphatic heterocycles. The van der Waals surface area contributed by atoms with Crippen LogP contribution in [0, 0.1) is 0 Å². The summed E-state index contributed by atoms with van der Waals surface area (Å²) >= 11 is 0. The van der Waals surface area contributed by atoms with E-state index in [4.69, 9.17) is 4.74 Å². The average molecular weight is 211 g/mol. The number of rotatable bonds is 4. The van der Waals surface area contributed by atoms with Gasteiger partial charge < -0.3 is 4.74 Å². The number of hydrogen-bond donors (Lipinski definition) is 0. The van der Waals surface area contributed by atoms with Gasteiger partial charge in [-0.05, 0) is 11.6 Å². The second kappa shape index (κ2) is 5.06. The zero-order valence-electron chi connectivity index (χ0n) is 8.72. The third kappa shape index (κ3) is 2.25. The molecular weight excluding hydrogens is 200 g/mol. The molecule has 2 aromatic rings. The molecular formula is C14H11O2+. The molecule has 0 N–H and O–H groups in total. The van der Waals surface area contributed by atoms with Crippen molar-refractivity contribution in [1.29, 1.82) is 0 Å². The molecule has 0 radical (unpaired) electrons. The highest BCUT2D eigenvalue weighted by Gasteiger charge is 2.07. The fourth-order valence-corrected chi connectivity index (χ4v) is 1.56. The largest absolute Gasteiger partial charge is 0.551 e. The van der Waals surface area contributed by atoms with E-state index >= 15 is 0 Å². The van der Waals surface area contributed by atoms with Gasteiger partial charge in [-0.25, -0.2) is 0 Å². The summed E-state index contributed by atoms with van der Waals surface area (Å²) in [5.74, 6) is 0.706. The first-order valence-electron chi connectivity index (χ1n) is 5.04. The van der Waals surface area contributed by atoms with Crippen LogP contribution in [-0.4, -0.2) is 12.9 Å². The van der Waals surface area contributed by atoms with Gasteiger partial charge >= 0.3 is 12.9 Å². The SMILES string of the molecule is O=[C+]COc1ccccc1-c1ccccc1. The molecule has 2 aromatic carbocycles. The summed E-state index contributed by atoms with van der Waals surface area (Å²) < 4.78 is 5.32. The Hall–Kier alpha value is -2.18. The highest BCUT2D eigenvalue weighted by atomic mass is 16.5. The Balaban J connectivity index is 2.36. The molecule has 0 spiro atoms. The molecule has 2 heteroatoms. The maximum absolute atomic E-state index is 10.2. The van der Waals surface area contributed by atoms with E-state index in [1.807, 2.05) is 54.6 Å². The van der Waals surface area contributed by atoms with Crippen molar-refractivity contribution in [3.8, 4) is 16.9 Å². The van der Waals surface area contributed by atoms with E-state index < -0.39 is 0 Å². The molecule has 78 valence electrons. The summed E-state index contributed by atoms with van der Waals surface area (Å²) in [4.78, 5) is 10.2. The molecule has 0 saturated carbocycles. The highest BCUT2D eigenvalue weighted by Crippen LogP contribution is 2.29. The lowest BCUT2D eigenvalue weighted by Gasteiger charge is -2.06. The van der Waals surface area contributed by atoms with Gasteiger partial charge in [-0.1, -0.05) is 48.5 Å². The van der Waals surface area contributed by atoms with Crippen LogP contribution in [0.15, 0.2) is 54.6 Å². The van der Waals surface area contributed by atoms with E-state index in [1.165, 1.54) is 0 Å². The second-order valence-electron chi connectivity index (χ2n) is 3.30. The maximum atomic E-state index is 10.2. The Morgan fingerprint density at radius 1 is 0.938 bits per heavy atom. The lowest BCUT2D eigenvalue weighted by Crippen LogP contribution is -1.98. The fraction of sp³-hybridized carbons (Fsp3) is 0.0714. The molecule has 0 atom stereocenters. The molecule has 0 heterocycles. The van der Waals surface area contributed by atoms with Gasteiger partial charge in [-0.2, -0.15) is 0 Å². The zero-order valence-corrected chi connectivity index (χ0v) is 8.72. The predicted octanol–water partition coefficient (Wildman–Crippen LogP) is 2.84. The summed E-state index contributed by atoms with van der Waals surface area (Å²) in [6, 6.07) is 17.6. The summed E-state index contributed by atoms with van der Waals surface area (Å²) in [6.45, 7) is -0.0379. The number of ether oxygens (including phenoxy) is 1. The third-order valence-electron chi connectivity index (χ3n) is 2.26. The molecule has 2 nitrogen and oxygen atoms in total. The Kier molecular flexibility index (Phi) is 3.27. The topological polar surface area (TPSA) is 26.3 Å². The highest BCUT2D eigenvalue weighted by molar-refractivity contribution is 5.70. The smallest absolute Gasteiger partial charge is 0.440 e. The Morgan fingerprint density at radius 3 is 2.38 bits per heavy atom. The standard InChI is InChI=1S/C14H11O2/c15-10-11-16-14-9-5-4-8-13(14)12-6-2-1-3-7-12/h1-9H,11H2/q+1. The normalized spacial score (nSPS) is 9.50. The average Bonchev–Trinajstić information content (AvgIpc) is 2.38. The van der Waals surface area contributed by atoms with Crippen LogP contribution >= 0.6 is 0 Å². The fourth-order valence-electron chi connectivity index (χ4n) is 1.56. The molecule has 0 fully saturated rings. The second-order valence-corrected chi connectivity index (χ2v) is 3.30. The first-order chi connectivity index (χ1) is 7.92. The van der Waals surface area contributed by atoms with Gasteiger partial charge in [-0.15, -0.1) is 0 Å². The summed E-state index contributed by atoms with van der Waals surface area (Å²) in [6.07, 6.45) is 1.72. The summed E-state index contributed by atoms with van der Waals surface area (Å²) in [5.41, 5.74) is 2.06. The van der Waals surface area contributed by atoms with Crippen LogP contribution in [0.2, 0.25) is 0 Å². The lowest BCUT2D eigenvalue weighted by molar-refractivity contribution is 0.366. The van der Waals surface area contributed by atoms with Gasteiger partial charge in [0.15, 0.2) is 0 Å². The number of hydrogen-bond acceptors (Lipinski definition) is 2. The van der Waals surface area contributed by atoms with E-state index in [1.54, 1.807) is 6.29 Å². The van der Waals surface area contributed by atoms with Crippen molar-refractivity contribution < 1.29 is 9.53 Å². The molecule has 2 rings (SSSR count). The van der Waals surface area contributed by atoms with E-state index in [-0.39, 0.29) is 6.61 Å². The third-order valence-corrected chi connectivity index (χ3v) is 2.26. The van der Waals surface area contributed by atoms with Gasteiger partial charge in [-0.3, -0.25) is 0 Å². The molecule has 0 unspecified atom stereocenters. The van der Waals surface area contributed by atoms with Crippen molar-refractivity contribution >= 4 is 6.29 Å². The van der Waals surface area contributed by atoms with Gasteiger partial charge in [0.05, 0.1) is 0 Å². The Bertz CT molecular complexity index is 463. The molecule has 0 aliphatic carbocycles. The minimum Gasteiger partial charge on any atom is -0.440 e. The van der Waals surface area contributed by atoms with Crippen LogP contribution in [0.25, 0.3) is 11.1 Å². The molecule has 0 saturated heterocycles. The predicted molar refractivity (Wildman–Crippen MR) is 63.1 cm³/mol. The maximum Gasteiger partial charge on any atom is 0.551 e. The van der Waals surface area contributed by atoms with Crippen molar-refractivity contribution in [1.82, 2.24) is 0 Å². The van der Waals surface area contributed by atoms with Gasteiger partial charge in [0.25, 0.3) is 0 Å². The number of benzene rings is 2. The summed E-state index contributed by atoms with van der Waals surface area (Å²) in [5, 5.41) is 0. The number of carbonyl (C=O) groups excluding carboxylic acids is 1. The molecule has 0 bridgehead atoms. The quantitative estimate of drug-likeness (QED) is 0.727. The van der Waals surface area contributed by atoms with Crippen LogP contribution in [-0.2, 0) is 4.79 Å². The minimum absolute atomic E-state index is 0.0379. The van der Waals surface area contributed by atoms with Crippen LogP contribution in [0.3, 0.4) is 0 Å². The van der Waals surface area contributed by atoms with Crippen molar-refractivity contribution in [2.45, 2.75) is 0 Å². The van der Waals surface area contributed by atoms with Crippen molar-refractivity contribution in [3.05, 3.63) is 54.6 Å². The van der Waals surface area contributed by atoms with Crippen molar-refractivity contribution in [3.63, 3.8) is 0 Å². The van der Waals surface area contributed by atoms with Crippen LogP contribution in [0.4, 0.5) is 0 Å². The molecule has 16 heavy (non-hydrogen) atoms. The molecule has 0 amide bonds. The van der Waals surface area contributed by atoms with E-state index in [9.17, 15) is 4.79 Å². The first-order valence-corrected chi connectivity index (χ1v) is 5.04. The van der Waals surface area contributed by atoms with Gasteiger partial charge in [0.2, 0.25) is 0 Å².